The normalized spacial score (nSPS) is 11.2. The fourth-order valence-corrected chi connectivity index (χ4v) is 8.29. The van der Waals surface area contributed by atoms with Crippen molar-refractivity contribution >= 4 is 43.4 Å². The molecule has 0 spiro atoms. The van der Waals surface area contributed by atoms with Crippen LogP contribution in [-0.2, 0) is 42.5 Å². The summed E-state index contributed by atoms with van der Waals surface area (Å²) in [6.07, 6.45) is 0.827. The van der Waals surface area contributed by atoms with Gasteiger partial charge in [-0.2, -0.15) is 0 Å². The number of carboxylic acid groups (broad SMARTS) is 2. The van der Waals surface area contributed by atoms with Gasteiger partial charge in [-0.1, -0.05) is 68.4 Å². The molecular formula is C49H51FN2O12S2. The van der Waals surface area contributed by atoms with Gasteiger partial charge < -0.3 is 29.2 Å². The molecule has 0 aliphatic carbocycles. The van der Waals surface area contributed by atoms with Gasteiger partial charge in [0.25, 0.3) is 20.0 Å². The van der Waals surface area contributed by atoms with Gasteiger partial charge in [-0.15, -0.1) is 0 Å². The van der Waals surface area contributed by atoms with Crippen LogP contribution in [0.5, 0.6) is 23.0 Å². The number of sulfonamides is 2. The van der Waals surface area contributed by atoms with Crippen molar-refractivity contribution in [3.8, 4) is 23.0 Å². The Balaban J connectivity index is 0.000000248. The van der Waals surface area contributed by atoms with E-state index in [4.69, 9.17) is 29.2 Å². The van der Waals surface area contributed by atoms with Crippen LogP contribution in [0.4, 0.5) is 15.8 Å². The topological polar surface area (TPSA) is 204 Å². The first-order valence-corrected chi connectivity index (χ1v) is 23.8. The number of hydrogen-bond acceptors (Lipinski definition) is 10. The van der Waals surface area contributed by atoms with Gasteiger partial charge in [0, 0.05) is 24.2 Å². The molecule has 0 radical (unpaired) electrons. The van der Waals surface area contributed by atoms with E-state index in [0.717, 1.165) is 22.8 Å². The number of aryl methyl sites for hydroxylation is 2. The maximum Gasteiger partial charge on any atom is 0.303 e. The highest BCUT2D eigenvalue weighted by Crippen LogP contribution is 2.25. The van der Waals surface area contributed by atoms with Crippen molar-refractivity contribution in [3.63, 3.8) is 0 Å². The van der Waals surface area contributed by atoms with Crippen LogP contribution in [0.25, 0.3) is 0 Å². The lowest BCUT2D eigenvalue weighted by molar-refractivity contribution is -0.138. The van der Waals surface area contributed by atoms with Gasteiger partial charge in [0.2, 0.25) is 0 Å². The molecule has 4 N–H and O–H groups in total. The molecule has 17 heteroatoms. The van der Waals surface area contributed by atoms with Crippen LogP contribution in [0, 0.1) is 5.82 Å². The van der Waals surface area contributed by atoms with Gasteiger partial charge in [-0.25, -0.2) is 21.2 Å². The molecule has 6 aromatic rings. The number of para-hydroxylation sites is 2. The van der Waals surface area contributed by atoms with Gasteiger partial charge in [0.1, 0.15) is 55.2 Å². The second-order valence-electron chi connectivity index (χ2n) is 14.8. The van der Waals surface area contributed by atoms with Crippen molar-refractivity contribution in [1.82, 2.24) is 0 Å². The zero-order chi connectivity index (χ0) is 47.5. The first kappa shape index (κ1) is 49.9. The van der Waals surface area contributed by atoms with Crippen molar-refractivity contribution in [2.75, 3.05) is 35.9 Å². The van der Waals surface area contributed by atoms with Crippen molar-refractivity contribution in [1.29, 1.82) is 0 Å². The summed E-state index contributed by atoms with van der Waals surface area (Å²) in [6.45, 7) is 5.16. The fourth-order valence-electron chi connectivity index (χ4n) is 6.14. The number of halogens is 1. The monoisotopic (exact) mass is 942 g/mol. The second-order valence-corrected chi connectivity index (χ2v) is 18.2. The average molecular weight is 943 g/mol. The lowest BCUT2D eigenvalue weighted by atomic mass is 10.0. The third-order valence-corrected chi connectivity index (χ3v) is 12.3. The Morgan fingerprint density at radius 2 is 0.955 bits per heavy atom. The predicted octanol–water partition coefficient (Wildman–Crippen LogP) is 9.19. The Labute approximate surface area is 384 Å². The van der Waals surface area contributed by atoms with Crippen LogP contribution in [0.1, 0.15) is 49.3 Å². The molecule has 0 saturated heterocycles. The second kappa shape index (κ2) is 24.3. The Morgan fingerprint density at radius 3 is 1.38 bits per heavy atom. The zero-order valence-electron chi connectivity index (χ0n) is 36.3. The van der Waals surface area contributed by atoms with Crippen molar-refractivity contribution < 1.29 is 60.0 Å². The molecule has 6 rings (SSSR count). The van der Waals surface area contributed by atoms with Crippen LogP contribution in [0.15, 0.2) is 155 Å². The molecular weight excluding hydrogens is 892 g/mol. The molecule has 0 bridgehead atoms. The van der Waals surface area contributed by atoms with Crippen molar-refractivity contribution in [2.45, 2.75) is 55.2 Å². The van der Waals surface area contributed by atoms with E-state index in [0.29, 0.717) is 53.1 Å². The molecule has 0 atom stereocenters. The molecule has 0 amide bonds. The van der Waals surface area contributed by atoms with E-state index < -0.39 is 37.8 Å². The van der Waals surface area contributed by atoms with Crippen LogP contribution in [-0.4, -0.2) is 65.4 Å². The smallest absolute Gasteiger partial charge is 0.303 e. The highest BCUT2D eigenvalue weighted by Gasteiger charge is 2.16. The summed E-state index contributed by atoms with van der Waals surface area (Å²) in [6, 6.07) is 39.1. The van der Waals surface area contributed by atoms with Gasteiger partial charge in [0.15, 0.2) is 0 Å². The molecule has 0 fully saturated rings. The quantitative estimate of drug-likeness (QED) is 0.0444. The van der Waals surface area contributed by atoms with E-state index >= 15 is 0 Å². The minimum absolute atomic E-state index is 0.0200. The van der Waals surface area contributed by atoms with Gasteiger partial charge in [0.05, 0.1) is 9.79 Å². The summed E-state index contributed by atoms with van der Waals surface area (Å²) < 4.78 is 90.9. The van der Waals surface area contributed by atoms with Gasteiger partial charge >= 0.3 is 11.9 Å². The van der Waals surface area contributed by atoms with Crippen molar-refractivity contribution in [3.05, 3.63) is 168 Å². The van der Waals surface area contributed by atoms with Crippen LogP contribution < -0.4 is 28.4 Å². The molecule has 0 aromatic heterocycles. The number of ether oxygens (including phenoxy) is 4. The largest absolute Gasteiger partial charge is 0.490 e. The molecule has 66 heavy (non-hydrogen) atoms. The predicted molar refractivity (Wildman–Crippen MR) is 248 cm³/mol. The molecule has 0 saturated carbocycles. The fraction of sp³-hybridized carbons (Fsp3) is 0.224. The van der Waals surface area contributed by atoms with Crippen LogP contribution in [0.3, 0.4) is 0 Å². The zero-order valence-corrected chi connectivity index (χ0v) is 37.9. The van der Waals surface area contributed by atoms with E-state index in [1.165, 1.54) is 30.3 Å². The maximum atomic E-state index is 13.3. The first-order chi connectivity index (χ1) is 31.6. The van der Waals surface area contributed by atoms with Crippen LogP contribution in [0.2, 0.25) is 0 Å². The number of hydrogen-bond donors (Lipinski definition) is 4. The van der Waals surface area contributed by atoms with E-state index in [2.05, 4.69) is 23.3 Å². The average Bonchev–Trinajstić information content (AvgIpc) is 3.29. The first-order valence-electron chi connectivity index (χ1n) is 20.8. The van der Waals surface area contributed by atoms with Gasteiger partial charge in [-0.3, -0.25) is 19.0 Å². The molecule has 348 valence electrons. The number of aliphatic carboxylic acids is 2. The Hall–Kier alpha value is -7.11. The number of benzene rings is 6. The third-order valence-electron chi connectivity index (χ3n) is 9.56. The Bertz CT molecular complexity index is 2730. The van der Waals surface area contributed by atoms with E-state index in [-0.39, 0.29) is 49.1 Å². The van der Waals surface area contributed by atoms with E-state index in [1.807, 2.05) is 48.5 Å². The third kappa shape index (κ3) is 16.2. The summed E-state index contributed by atoms with van der Waals surface area (Å²) >= 11 is 0. The lowest BCUT2D eigenvalue weighted by Gasteiger charge is -2.12. The van der Waals surface area contributed by atoms with E-state index in [1.54, 1.807) is 60.7 Å². The molecule has 0 heterocycles. The summed E-state index contributed by atoms with van der Waals surface area (Å²) in [4.78, 5) is 21.6. The SMILES string of the molecule is CC(C)c1ccc(S(=O)(=O)Nc2ccc(OCCOc3ccccc3CCC(=O)O)cc2)cc1.O=C(O)CCc1ccccc1OCCOc1ccc(NS(=O)(=O)c2cccc(F)c2)cc1. The molecule has 6 aromatic carbocycles. The molecule has 0 aliphatic rings. The highest BCUT2D eigenvalue weighted by molar-refractivity contribution is 7.93. The minimum Gasteiger partial charge on any atom is -0.490 e. The summed E-state index contributed by atoms with van der Waals surface area (Å²) in [5, 5.41) is 17.7. The number of anilines is 2. The van der Waals surface area contributed by atoms with Crippen LogP contribution >= 0.6 is 0 Å². The Kier molecular flexibility index (Phi) is 18.3. The van der Waals surface area contributed by atoms with E-state index in [9.17, 15) is 30.8 Å². The lowest BCUT2D eigenvalue weighted by Crippen LogP contribution is -2.13. The number of nitrogens with one attached hydrogen (secondary N) is 2. The molecule has 0 unspecified atom stereocenters. The molecule has 0 aliphatic heterocycles. The number of carboxylic acids is 2. The molecule has 14 nitrogen and oxygen atoms in total. The van der Waals surface area contributed by atoms with Crippen molar-refractivity contribution in [2.24, 2.45) is 0 Å². The summed E-state index contributed by atoms with van der Waals surface area (Å²) in [5.74, 6) is 0.307. The minimum atomic E-state index is -3.90. The standard InChI is InChI=1S/C26H29NO6S.C23H22FNO6S/c1-19(2)20-7-14-24(15-8-20)34(30,31)27-22-10-12-23(13-11-22)32-17-18-33-25-6-4-3-5-21(25)9-16-26(28)29;24-18-5-3-6-21(16-18)32(28,29)25-19-9-11-20(12-10-19)30-14-15-31-22-7-2-1-4-17(22)8-13-23(26)27/h3-8,10-15,19,27H,9,16-18H2,1-2H3,(H,28,29);1-7,9-12,16,25H,8,13-15H2,(H,26,27). The summed E-state index contributed by atoms with van der Waals surface area (Å²) in [7, 11) is -7.58. The Morgan fingerprint density at radius 1 is 0.530 bits per heavy atom. The van der Waals surface area contributed by atoms with Gasteiger partial charge in [-0.05, 0) is 126 Å². The number of rotatable bonds is 23. The summed E-state index contributed by atoms with van der Waals surface area (Å²) in [5.41, 5.74) is 3.47. The maximum absolute atomic E-state index is 13.3. The highest BCUT2D eigenvalue weighted by atomic mass is 32.2. The number of carbonyl (C=O) groups is 2.